The molecule has 4 rings (SSSR count). The highest BCUT2D eigenvalue weighted by Crippen LogP contribution is 2.33. The summed E-state index contributed by atoms with van der Waals surface area (Å²) in [6.45, 7) is 1.99. The molecule has 2 amide bonds. The average Bonchev–Trinajstić information content (AvgIpc) is 3.13. The van der Waals surface area contributed by atoms with Crippen molar-refractivity contribution < 1.29 is 18.0 Å². The fraction of sp³-hybridized carbons (Fsp3) is 0.500. The molecule has 0 aliphatic carbocycles. The van der Waals surface area contributed by atoms with Crippen molar-refractivity contribution in [1.82, 2.24) is 5.01 Å². The van der Waals surface area contributed by atoms with Crippen LogP contribution in [0, 0.1) is 0 Å². The second-order valence-corrected chi connectivity index (χ2v) is 9.43. The van der Waals surface area contributed by atoms with Crippen LogP contribution in [0.15, 0.2) is 29.4 Å². The number of carbonyl (C=O) groups excluding carboxylic acids is 2. The predicted octanol–water partition coefficient (Wildman–Crippen LogP) is 1.13. The number of rotatable bonds is 2. The Morgan fingerprint density at radius 2 is 2.00 bits per heavy atom. The van der Waals surface area contributed by atoms with E-state index in [2.05, 4.69) is 5.10 Å². The Balaban J connectivity index is 1.62. The van der Waals surface area contributed by atoms with E-state index in [1.165, 1.54) is 5.01 Å². The molecule has 3 aliphatic heterocycles. The zero-order valence-electron chi connectivity index (χ0n) is 14.6. The van der Waals surface area contributed by atoms with Gasteiger partial charge < -0.3 is 4.90 Å². The largest absolute Gasteiger partial charge is 0.304 e. The van der Waals surface area contributed by atoms with E-state index in [-0.39, 0.29) is 35.8 Å². The maximum Gasteiger partial charge on any atom is 0.274 e. The summed E-state index contributed by atoms with van der Waals surface area (Å²) in [5, 5.41) is 5.55. The Morgan fingerprint density at radius 1 is 1.23 bits per heavy atom. The monoisotopic (exact) mass is 375 g/mol. The third-order valence-electron chi connectivity index (χ3n) is 5.29. The minimum Gasteiger partial charge on any atom is -0.304 e. The fourth-order valence-corrected chi connectivity index (χ4v) is 5.68. The van der Waals surface area contributed by atoms with Crippen LogP contribution in [0.3, 0.4) is 0 Å². The predicted molar refractivity (Wildman–Crippen MR) is 97.7 cm³/mol. The quantitative estimate of drug-likeness (QED) is 0.775. The van der Waals surface area contributed by atoms with E-state index < -0.39 is 15.9 Å². The molecular formula is C18H21N3O4S. The summed E-state index contributed by atoms with van der Waals surface area (Å²) in [5.41, 5.74) is 2.34. The van der Waals surface area contributed by atoms with Crippen LogP contribution in [0.5, 0.6) is 0 Å². The Bertz CT molecular complexity index is 909. The third-order valence-corrected chi connectivity index (χ3v) is 7.04. The lowest BCUT2D eigenvalue weighted by Gasteiger charge is -2.30. The molecule has 0 radical (unpaired) electrons. The van der Waals surface area contributed by atoms with Gasteiger partial charge in [0.15, 0.2) is 9.84 Å². The van der Waals surface area contributed by atoms with Gasteiger partial charge in [-0.25, -0.2) is 13.4 Å². The van der Waals surface area contributed by atoms with Gasteiger partial charge in [-0.05, 0) is 31.4 Å². The van der Waals surface area contributed by atoms with Crippen molar-refractivity contribution in [2.24, 2.45) is 5.10 Å². The van der Waals surface area contributed by atoms with Crippen molar-refractivity contribution in [2.45, 2.75) is 44.7 Å². The minimum absolute atomic E-state index is 0.0283. The van der Waals surface area contributed by atoms with Gasteiger partial charge in [-0.3, -0.25) is 9.59 Å². The number of carbonyl (C=O) groups is 2. The number of para-hydroxylation sites is 1. The van der Waals surface area contributed by atoms with Gasteiger partial charge in [-0.2, -0.15) is 5.10 Å². The van der Waals surface area contributed by atoms with Crippen LogP contribution in [0.25, 0.3) is 0 Å². The van der Waals surface area contributed by atoms with Crippen LogP contribution >= 0.6 is 0 Å². The number of amides is 2. The van der Waals surface area contributed by atoms with Crippen LogP contribution in [0.2, 0.25) is 0 Å². The lowest BCUT2D eigenvalue weighted by molar-refractivity contribution is -0.133. The van der Waals surface area contributed by atoms with Crippen molar-refractivity contribution in [3.63, 3.8) is 0 Å². The molecule has 7 nitrogen and oxygen atoms in total. The highest BCUT2D eigenvalue weighted by Gasteiger charge is 2.39. The maximum absolute atomic E-state index is 13.1. The molecule has 0 spiro atoms. The highest BCUT2D eigenvalue weighted by atomic mass is 32.2. The summed E-state index contributed by atoms with van der Waals surface area (Å²) in [6, 6.07) is 7.37. The van der Waals surface area contributed by atoms with Crippen molar-refractivity contribution in [3.05, 3.63) is 29.8 Å². The molecule has 1 fully saturated rings. The van der Waals surface area contributed by atoms with Crippen LogP contribution in [0.4, 0.5) is 5.69 Å². The standard InChI is InChI=1S/C18H21N3O4S/c1-12-10-13-4-2-3-5-16(13)20(12)18(23)15-6-7-17(22)21(19-15)14-8-9-26(24,25)11-14/h2-5,12,14H,6-11H2,1H3/t12-,14-/m0/s1. The van der Waals surface area contributed by atoms with Gasteiger partial charge in [0.05, 0.1) is 17.5 Å². The van der Waals surface area contributed by atoms with Crippen LogP contribution in [-0.2, 0) is 25.8 Å². The Morgan fingerprint density at radius 3 is 2.73 bits per heavy atom. The second kappa shape index (κ2) is 6.19. The van der Waals surface area contributed by atoms with Crippen LogP contribution < -0.4 is 4.90 Å². The molecule has 0 unspecified atom stereocenters. The molecule has 1 aromatic carbocycles. The molecule has 2 atom stereocenters. The summed E-state index contributed by atoms with van der Waals surface area (Å²) in [7, 11) is -3.13. The summed E-state index contributed by atoms with van der Waals surface area (Å²) < 4.78 is 23.5. The molecule has 0 N–H and O–H groups in total. The average molecular weight is 375 g/mol. The van der Waals surface area contributed by atoms with E-state index in [1.807, 2.05) is 31.2 Å². The van der Waals surface area contributed by atoms with Gasteiger partial charge in [-0.15, -0.1) is 0 Å². The number of anilines is 1. The normalized spacial score (nSPS) is 27.4. The van der Waals surface area contributed by atoms with Gasteiger partial charge >= 0.3 is 0 Å². The van der Waals surface area contributed by atoms with E-state index in [9.17, 15) is 18.0 Å². The van der Waals surface area contributed by atoms with Gasteiger partial charge in [0.25, 0.3) is 5.91 Å². The minimum atomic E-state index is -3.13. The Labute approximate surface area is 152 Å². The first-order valence-electron chi connectivity index (χ1n) is 8.87. The van der Waals surface area contributed by atoms with Crippen molar-refractivity contribution in [1.29, 1.82) is 0 Å². The zero-order valence-corrected chi connectivity index (χ0v) is 15.4. The first-order chi connectivity index (χ1) is 12.4. The second-order valence-electron chi connectivity index (χ2n) is 7.20. The van der Waals surface area contributed by atoms with Crippen LogP contribution in [0.1, 0.15) is 31.7 Å². The fourth-order valence-electron chi connectivity index (χ4n) is 3.99. The first kappa shape index (κ1) is 17.2. The molecule has 0 saturated carbocycles. The van der Waals surface area contributed by atoms with E-state index in [0.717, 1.165) is 17.7 Å². The molecular weight excluding hydrogens is 354 g/mol. The van der Waals surface area contributed by atoms with Crippen molar-refractivity contribution in [3.8, 4) is 0 Å². The molecule has 138 valence electrons. The number of benzene rings is 1. The maximum atomic E-state index is 13.1. The Hall–Kier alpha value is -2.22. The molecule has 0 aromatic heterocycles. The third kappa shape index (κ3) is 2.92. The topological polar surface area (TPSA) is 87.1 Å². The van der Waals surface area contributed by atoms with E-state index in [0.29, 0.717) is 18.6 Å². The van der Waals surface area contributed by atoms with Crippen molar-refractivity contribution in [2.75, 3.05) is 16.4 Å². The molecule has 3 aliphatic rings. The smallest absolute Gasteiger partial charge is 0.274 e. The van der Waals surface area contributed by atoms with Gasteiger partial charge in [0, 0.05) is 24.6 Å². The van der Waals surface area contributed by atoms with Crippen LogP contribution in [-0.4, -0.2) is 54.5 Å². The number of hydrogen-bond acceptors (Lipinski definition) is 5. The number of nitrogens with zero attached hydrogens (tertiary/aromatic N) is 3. The van der Waals surface area contributed by atoms with Gasteiger partial charge in [0.2, 0.25) is 5.91 Å². The molecule has 1 aromatic rings. The van der Waals surface area contributed by atoms with E-state index in [1.54, 1.807) is 4.90 Å². The number of hydrogen-bond donors (Lipinski definition) is 0. The Kier molecular flexibility index (Phi) is 4.10. The number of hydrazone groups is 1. The number of fused-ring (bicyclic) bond motifs is 1. The SMILES string of the molecule is C[C@H]1Cc2ccccc2N1C(=O)C1=NN([C@H]2CCS(=O)(=O)C2)C(=O)CC1. The molecule has 3 heterocycles. The number of sulfone groups is 1. The molecule has 1 saturated heterocycles. The highest BCUT2D eigenvalue weighted by molar-refractivity contribution is 7.91. The lowest BCUT2D eigenvalue weighted by Crippen LogP contribution is -2.46. The van der Waals surface area contributed by atoms with Gasteiger partial charge in [-0.1, -0.05) is 18.2 Å². The molecule has 8 heteroatoms. The summed E-state index contributed by atoms with van der Waals surface area (Å²) in [6.07, 6.45) is 1.64. The summed E-state index contributed by atoms with van der Waals surface area (Å²) >= 11 is 0. The van der Waals surface area contributed by atoms with E-state index in [4.69, 9.17) is 0 Å². The van der Waals surface area contributed by atoms with Crippen molar-refractivity contribution >= 4 is 33.1 Å². The lowest BCUT2D eigenvalue weighted by atomic mass is 10.1. The molecule has 26 heavy (non-hydrogen) atoms. The summed E-state index contributed by atoms with van der Waals surface area (Å²) in [5.74, 6) is -0.414. The zero-order chi connectivity index (χ0) is 18.5. The first-order valence-corrected chi connectivity index (χ1v) is 10.7. The van der Waals surface area contributed by atoms with E-state index >= 15 is 0 Å². The summed E-state index contributed by atoms with van der Waals surface area (Å²) in [4.78, 5) is 27.1. The molecule has 0 bridgehead atoms. The van der Waals surface area contributed by atoms with Gasteiger partial charge in [0.1, 0.15) is 5.71 Å².